The number of ether oxygens (including phenoxy) is 1. The van der Waals surface area contributed by atoms with Gasteiger partial charge in [-0.25, -0.2) is 0 Å². The van der Waals surface area contributed by atoms with Gasteiger partial charge in [-0.15, -0.1) is 0 Å². The van der Waals surface area contributed by atoms with Crippen LogP contribution in [-0.4, -0.2) is 29.0 Å². The second-order valence-corrected chi connectivity index (χ2v) is 5.80. The summed E-state index contributed by atoms with van der Waals surface area (Å²) in [4.78, 5) is 0. The van der Waals surface area contributed by atoms with Gasteiger partial charge in [0.05, 0.1) is 17.3 Å². The van der Waals surface area contributed by atoms with E-state index in [1.165, 1.54) is 25.0 Å². The molecule has 0 spiro atoms. The maximum Gasteiger partial charge on any atom is 0.0887 e. The lowest BCUT2D eigenvalue weighted by molar-refractivity contribution is -0.0703. The highest BCUT2D eigenvalue weighted by molar-refractivity contribution is 5.14. The normalized spacial score (nSPS) is 19.9. The van der Waals surface area contributed by atoms with Crippen molar-refractivity contribution in [3.8, 4) is 0 Å². The van der Waals surface area contributed by atoms with Crippen LogP contribution >= 0.6 is 0 Å². The molecule has 20 heavy (non-hydrogen) atoms. The molecule has 1 aromatic rings. The summed E-state index contributed by atoms with van der Waals surface area (Å²) in [5, 5.41) is 8.15. The summed E-state index contributed by atoms with van der Waals surface area (Å²) < 4.78 is 8.19. The van der Waals surface area contributed by atoms with E-state index in [1.807, 2.05) is 13.3 Å². The SMILES string of the molecule is CCCn1nccc1C(NCC)C1(OC)CCCCC1. The Hall–Kier alpha value is -0.870. The zero-order chi connectivity index (χ0) is 14.4. The summed E-state index contributed by atoms with van der Waals surface area (Å²) in [7, 11) is 1.87. The molecule has 4 heteroatoms. The highest BCUT2D eigenvalue weighted by atomic mass is 16.5. The Morgan fingerprint density at radius 2 is 2.10 bits per heavy atom. The van der Waals surface area contributed by atoms with E-state index in [9.17, 15) is 0 Å². The molecule has 0 radical (unpaired) electrons. The van der Waals surface area contributed by atoms with Crippen LogP contribution in [0.25, 0.3) is 0 Å². The number of hydrogen-bond acceptors (Lipinski definition) is 3. The van der Waals surface area contributed by atoms with Crippen LogP contribution in [0.2, 0.25) is 0 Å². The molecule has 2 rings (SSSR count). The van der Waals surface area contributed by atoms with Gasteiger partial charge in [0.25, 0.3) is 0 Å². The number of aryl methyl sites for hydroxylation is 1. The average Bonchev–Trinajstić information content (AvgIpc) is 2.94. The first-order chi connectivity index (χ1) is 9.77. The van der Waals surface area contributed by atoms with Gasteiger partial charge in [0.15, 0.2) is 0 Å². The van der Waals surface area contributed by atoms with Crippen LogP contribution in [0.5, 0.6) is 0 Å². The lowest BCUT2D eigenvalue weighted by Gasteiger charge is -2.43. The predicted molar refractivity (Wildman–Crippen MR) is 81.8 cm³/mol. The summed E-state index contributed by atoms with van der Waals surface area (Å²) in [6.07, 6.45) is 9.15. The quantitative estimate of drug-likeness (QED) is 0.832. The van der Waals surface area contributed by atoms with Gasteiger partial charge in [-0.2, -0.15) is 5.10 Å². The Kier molecular flexibility index (Phi) is 5.61. The Labute approximate surface area is 122 Å². The summed E-state index contributed by atoms with van der Waals surface area (Å²) in [5.41, 5.74) is 1.21. The van der Waals surface area contributed by atoms with Gasteiger partial charge in [-0.05, 0) is 31.9 Å². The molecule has 1 aliphatic carbocycles. The Balaban J connectivity index is 2.30. The van der Waals surface area contributed by atoms with Gasteiger partial charge < -0.3 is 10.1 Å². The summed E-state index contributed by atoms with van der Waals surface area (Å²) >= 11 is 0. The molecule has 1 saturated carbocycles. The van der Waals surface area contributed by atoms with Gasteiger partial charge in [0.1, 0.15) is 0 Å². The van der Waals surface area contributed by atoms with Crippen LogP contribution in [0.3, 0.4) is 0 Å². The van der Waals surface area contributed by atoms with Crippen molar-refractivity contribution < 1.29 is 4.74 Å². The third kappa shape index (κ3) is 3.07. The summed E-state index contributed by atoms with van der Waals surface area (Å²) in [5.74, 6) is 0. The zero-order valence-electron chi connectivity index (χ0n) is 13.2. The fraction of sp³-hybridized carbons (Fsp3) is 0.812. The molecule has 0 amide bonds. The zero-order valence-corrected chi connectivity index (χ0v) is 13.2. The van der Waals surface area contributed by atoms with Crippen LogP contribution in [0.1, 0.15) is 64.1 Å². The molecule has 1 unspecified atom stereocenters. The minimum absolute atomic E-state index is 0.0697. The topological polar surface area (TPSA) is 39.1 Å². The van der Waals surface area contributed by atoms with E-state index in [0.29, 0.717) is 0 Å². The molecule has 114 valence electrons. The van der Waals surface area contributed by atoms with Gasteiger partial charge in [-0.3, -0.25) is 4.68 Å². The fourth-order valence-corrected chi connectivity index (χ4v) is 3.51. The smallest absolute Gasteiger partial charge is 0.0887 e. The van der Waals surface area contributed by atoms with E-state index in [0.717, 1.165) is 32.4 Å². The lowest BCUT2D eigenvalue weighted by atomic mass is 9.78. The van der Waals surface area contributed by atoms with Crippen molar-refractivity contribution in [1.82, 2.24) is 15.1 Å². The van der Waals surface area contributed by atoms with Gasteiger partial charge >= 0.3 is 0 Å². The molecule has 1 N–H and O–H groups in total. The first-order valence-electron chi connectivity index (χ1n) is 8.07. The molecule has 1 atom stereocenters. The number of methoxy groups -OCH3 is 1. The number of rotatable bonds is 7. The largest absolute Gasteiger partial charge is 0.376 e. The first kappa shape index (κ1) is 15.5. The number of nitrogens with zero attached hydrogens (tertiary/aromatic N) is 2. The van der Waals surface area contributed by atoms with Gasteiger partial charge in [-0.1, -0.05) is 33.1 Å². The minimum atomic E-state index is -0.0697. The maximum atomic E-state index is 6.05. The number of likely N-dealkylation sites (N-methyl/N-ethyl adjacent to an activating group) is 1. The molecular weight excluding hydrogens is 250 g/mol. The maximum absolute atomic E-state index is 6.05. The van der Waals surface area contributed by atoms with E-state index in [4.69, 9.17) is 4.74 Å². The Bertz CT molecular complexity index is 396. The van der Waals surface area contributed by atoms with E-state index < -0.39 is 0 Å². The fourth-order valence-electron chi connectivity index (χ4n) is 3.51. The van der Waals surface area contributed by atoms with Gasteiger partial charge in [0.2, 0.25) is 0 Å². The molecule has 0 saturated heterocycles. The molecule has 1 heterocycles. The molecular formula is C16H29N3O. The van der Waals surface area contributed by atoms with Crippen molar-refractivity contribution in [1.29, 1.82) is 0 Å². The summed E-state index contributed by atoms with van der Waals surface area (Å²) in [6, 6.07) is 2.39. The molecule has 1 aliphatic rings. The Morgan fingerprint density at radius 3 is 2.70 bits per heavy atom. The van der Waals surface area contributed by atoms with Crippen molar-refractivity contribution in [2.45, 2.75) is 70.6 Å². The van der Waals surface area contributed by atoms with Crippen molar-refractivity contribution in [3.63, 3.8) is 0 Å². The second kappa shape index (κ2) is 7.23. The van der Waals surface area contributed by atoms with Crippen molar-refractivity contribution in [2.75, 3.05) is 13.7 Å². The van der Waals surface area contributed by atoms with E-state index >= 15 is 0 Å². The second-order valence-electron chi connectivity index (χ2n) is 5.80. The third-order valence-corrected chi connectivity index (χ3v) is 4.52. The molecule has 1 fully saturated rings. The average molecular weight is 279 g/mol. The highest BCUT2D eigenvalue weighted by Crippen LogP contribution is 2.41. The monoisotopic (exact) mass is 279 g/mol. The Morgan fingerprint density at radius 1 is 1.35 bits per heavy atom. The standard InChI is InChI=1S/C16H29N3O/c1-4-13-19-14(9-12-18-19)15(17-5-2)16(20-3)10-7-6-8-11-16/h9,12,15,17H,4-8,10-11,13H2,1-3H3. The van der Waals surface area contributed by atoms with Crippen molar-refractivity contribution in [2.24, 2.45) is 0 Å². The minimum Gasteiger partial charge on any atom is -0.376 e. The molecule has 4 nitrogen and oxygen atoms in total. The third-order valence-electron chi connectivity index (χ3n) is 4.52. The van der Waals surface area contributed by atoms with Crippen LogP contribution in [0, 0.1) is 0 Å². The van der Waals surface area contributed by atoms with E-state index in [1.54, 1.807) is 0 Å². The van der Waals surface area contributed by atoms with Crippen LogP contribution in [0.15, 0.2) is 12.3 Å². The molecule has 0 aliphatic heterocycles. The van der Waals surface area contributed by atoms with E-state index in [2.05, 4.69) is 35.0 Å². The first-order valence-corrected chi connectivity index (χ1v) is 8.07. The van der Waals surface area contributed by atoms with Gasteiger partial charge in [0, 0.05) is 19.9 Å². The number of hydrogen-bond donors (Lipinski definition) is 1. The lowest BCUT2D eigenvalue weighted by Crippen LogP contribution is -2.47. The highest BCUT2D eigenvalue weighted by Gasteiger charge is 2.41. The predicted octanol–water partition coefficient (Wildman–Crippen LogP) is 3.29. The summed E-state index contributed by atoms with van der Waals surface area (Å²) in [6.45, 7) is 6.29. The van der Waals surface area contributed by atoms with Crippen LogP contribution in [-0.2, 0) is 11.3 Å². The van der Waals surface area contributed by atoms with Crippen molar-refractivity contribution in [3.05, 3.63) is 18.0 Å². The number of aromatic nitrogens is 2. The van der Waals surface area contributed by atoms with Crippen LogP contribution in [0.4, 0.5) is 0 Å². The van der Waals surface area contributed by atoms with E-state index in [-0.39, 0.29) is 11.6 Å². The van der Waals surface area contributed by atoms with Crippen LogP contribution < -0.4 is 5.32 Å². The number of nitrogens with one attached hydrogen (secondary N) is 1. The van der Waals surface area contributed by atoms with Crippen molar-refractivity contribution >= 4 is 0 Å². The molecule has 0 bridgehead atoms. The molecule has 1 aromatic heterocycles. The molecule has 0 aromatic carbocycles.